The molecule has 1 heterocycles. The Bertz CT molecular complexity index is 699. The molecule has 12 heteroatoms. The molecule has 188 valence electrons. The van der Waals surface area contributed by atoms with Gasteiger partial charge in [0.25, 0.3) is 0 Å². The van der Waals surface area contributed by atoms with E-state index < -0.39 is 54.5 Å². The lowest BCUT2D eigenvalue weighted by molar-refractivity contribution is -0.277. The van der Waals surface area contributed by atoms with Gasteiger partial charge < -0.3 is 34.3 Å². The summed E-state index contributed by atoms with van der Waals surface area (Å²) >= 11 is 0. The zero-order chi connectivity index (χ0) is 25.0. The van der Waals surface area contributed by atoms with Crippen molar-refractivity contribution in [2.45, 2.75) is 84.5 Å². The van der Waals surface area contributed by atoms with Crippen molar-refractivity contribution in [1.29, 1.82) is 0 Å². The van der Waals surface area contributed by atoms with Gasteiger partial charge in [0.05, 0.1) is 0 Å². The van der Waals surface area contributed by atoms with Crippen molar-refractivity contribution < 1.29 is 47.7 Å². The first-order valence-electron chi connectivity index (χ1n) is 10.8. The van der Waals surface area contributed by atoms with Crippen LogP contribution in [0.2, 0.25) is 0 Å². The highest BCUT2D eigenvalue weighted by atomic mass is 16.7. The van der Waals surface area contributed by atoms with Crippen LogP contribution in [0.4, 0.5) is 0 Å². The van der Waals surface area contributed by atoms with E-state index in [1.807, 2.05) is 6.92 Å². The number of carbonyl (C=O) groups excluding carboxylic acids is 5. The van der Waals surface area contributed by atoms with E-state index >= 15 is 0 Å². The molecule has 1 saturated heterocycles. The zero-order valence-corrected chi connectivity index (χ0v) is 19.7. The third-order valence-electron chi connectivity index (χ3n) is 4.53. The van der Waals surface area contributed by atoms with E-state index in [2.05, 4.69) is 10.6 Å². The largest absolute Gasteiger partial charge is 0.463 e. The summed E-state index contributed by atoms with van der Waals surface area (Å²) in [6, 6.07) is -1.01. The molecule has 1 fully saturated rings. The third kappa shape index (κ3) is 10.6. The SMILES string of the molecule is CCNC(=O)CCCCOC1OC(COC(C)=O)C(OC(C)=O)C(OC(C)=O)C1NC(C)=O. The van der Waals surface area contributed by atoms with Gasteiger partial charge in [-0.05, 0) is 19.8 Å². The molecule has 0 aromatic heterocycles. The van der Waals surface area contributed by atoms with Crippen LogP contribution in [0, 0.1) is 0 Å². The summed E-state index contributed by atoms with van der Waals surface area (Å²) in [6.07, 6.45) is -3.04. The predicted molar refractivity (Wildman–Crippen MR) is 112 cm³/mol. The maximum absolute atomic E-state index is 11.8. The van der Waals surface area contributed by atoms with Crippen molar-refractivity contribution in [3.05, 3.63) is 0 Å². The lowest BCUT2D eigenvalue weighted by Gasteiger charge is -2.44. The summed E-state index contributed by atoms with van der Waals surface area (Å²) in [5, 5.41) is 5.33. The Morgan fingerprint density at radius 2 is 1.52 bits per heavy atom. The number of hydrogen-bond acceptors (Lipinski definition) is 10. The van der Waals surface area contributed by atoms with Crippen LogP contribution in [-0.4, -0.2) is 80.1 Å². The molecule has 0 spiro atoms. The highest BCUT2D eigenvalue weighted by Crippen LogP contribution is 2.28. The number of esters is 3. The summed E-state index contributed by atoms with van der Waals surface area (Å²) < 4.78 is 27.4. The first kappa shape index (κ1) is 28.3. The van der Waals surface area contributed by atoms with Crippen LogP contribution in [0.3, 0.4) is 0 Å². The van der Waals surface area contributed by atoms with Crippen LogP contribution < -0.4 is 10.6 Å². The average molecular weight is 475 g/mol. The minimum Gasteiger partial charge on any atom is -0.463 e. The summed E-state index contributed by atoms with van der Waals surface area (Å²) in [6.45, 7) is 7.06. The smallest absolute Gasteiger partial charge is 0.303 e. The second-order valence-electron chi connectivity index (χ2n) is 7.50. The lowest BCUT2D eigenvalue weighted by atomic mass is 9.96. The van der Waals surface area contributed by atoms with E-state index in [4.69, 9.17) is 23.7 Å². The summed E-state index contributed by atoms with van der Waals surface area (Å²) in [5.41, 5.74) is 0. The number of nitrogens with one attached hydrogen (secondary N) is 2. The fraction of sp³-hybridized carbons (Fsp3) is 0.762. The molecule has 0 saturated carbocycles. The molecule has 1 aliphatic heterocycles. The highest BCUT2D eigenvalue weighted by molar-refractivity contribution is 5.75. The van der Waals surface area contributed by atoms with E-state index in [1.54, 1.807) is 0 Å². The van der Waals surface area contributed by atoms with E-state index in [-0.39, 0.29) is 19.1 Å². The molecule has 0 radical (unpaired) electrons. The van der Waals surface area contributed by atoms with Gasteiger partial charge in [0.1, 0.15) is 18.8 Å². The maximum atomic E-state index is 11.8. The lowest BCUT2D eigenvalue weighted by Crippen LogP contribution is -2.66. The Balaban J connectivity index is 3.03. The minimum atomic E-state index is -1.17. The van der Waals surface area contributed by atoms with Gasteiger partial charge in [0.15, 0.2) is 18.5 Å². The molecule has 5 atom stereocenters. The summed E-state index contributed by atoms with van der Waals surface area (Å²) in [4.78, 5) is 58.2. The molecular weight excluding hydrogens is 440 g/mol. The number of amides is 2. The second kappa shape index (κ2) is 14.4. The Labute approximate surface area is 193 Å². The Hall–Kier alpha value is -2.73. The Morgan fingerprint density at radius 3 is 2.06 bits per heavy atom. The fourth-order valence-corrected chi connectivity index (χ4v) is 3.31. The van der Waals surface area contributed by atoms with Crippen molar-refractivity contribution in [3.63, 3.8) is 0 Å². The molecule has 1 aliphatic rings. The van der Waals surface area contributed by atoms with E-state index in [0.29, 0.717) is 25.8 Å². The number of carbonyl (C=O) groups is 5. The Morgan fingerprint density at radius 1 is 0.879 bits per heavy atom. The maximum Gasteiger partial charge on any atom is 0.303 e. The standard InChI is InChI=1S/C21H34N2O10/c1-6-22-17(28)9-7-8-10-29-21-18(23-12(2)24)20(32-15(5)27)19(31-14(4)26)16(33-21)11-30-13(3)25/h16,18-21H,6-11H2,1-5H3,(H,22,28)(H,23,24). The minimum absolute atomic E-state index is 0.0665. The quantitative estimate of drug-likeness (QED) is 0.224. The van der Waals surface area contributed by atoms with E-state index in [1.165, 1.54) is 27.7 Å². The highest BCUT2D eigenvalue weighted by Gasteiger charge is 2.51. The van der Waals surface area contributed by atoms with Crippen molar-refractivity contribution in [3.8, 4) is 0 Å². The molecule has 0 aliphatic carbocycles. The van der Waals surface area contributed by atoms with Gasteiger partial charge in [-0.2, -0.15) is 0 Å². The van der Waals surface area contributed by atoms with Gasteiger partial charge >= 0.3 is 17.9 Å². The number of rotatable bonds is 12. The fourth-order valence-electron chi connectivity index (χ4n) is 3.31. The normalized spacial score (nSPS) is 24.3. The van der Waals surface area contributed by atoms with Crippen LogP contribution in [0.5, 0.6) is 0 Å². The second-order valence-corrected chi connectivity index (χ2v) is 7.50. The summed E-state index contributed by atoms with van der Waals surface area (Å²) in [5.74, 6) is -2.47. The molecule has 33 heavy (non-hydrogen) atoms. The topological polar surface area (TPSA) is 156 Å². The van der Waals surface area contributed by atoms with Crippen LogP contribution in [-0.2, 0) is 47.7 Å². The number of unbranched alkanes of at least 4 members (excludes halogenated alkanes) is 1. The molecular formula is C21H34N2O10. The van der Waals surface area contributed by atoms with Gasteiger partial charge in [0.2, 0.25) is 11.8 Å². The molecule has 1 rings (SSSR count). The summed E-state index contributed by atoms with van der Waals surface area (Å²) in [7, 11) is 0. The van der Waals surface area contributed by atoms with Crippen molar-refractivity contribution in [2.24, 2.45) is 0 Å². The van der Waals surface area contributed by atoms with Crippen LogP contribution in [0.1, 0.15) is 53.9 Å². The Kier molecular flexibility index (Phi) is 12.4. The monoisotopic (exact) mass is 474 g/mol. The third-order valence-corrected chi connectivity index (χ3v) is 4.53. The van der Waals surface area contributed by atoms with Gasteiger partial charge in [-0.1, -0.05) is 0 Å². The van der Waals surface area contributed by atoms with E-state index in [9.17, 15) is 24.0 Å². The van der Waals surface area contributed by atoms with Crippen LogP contribution in [0.15, 0.2) is 0 Å². The molecule has 2 amide bonds. The first-order valence-corrected chi connectivity index (χ1v) is 10.8. The molecule has 5 unspecified atom stereocenters. The molecule has 0 aromatic carbocycles. The van der Waals surface area contributed by atoms with Crippen molar-refractivity contribution in [2.75, 3.05) is 19.8 Å². The van der Waals surface area contributed by atoms with Crippen molar-refractivity contribution in [1.82, 2.24) is 10.6 Å². The van der Waals surface area contributed by atoms with Crippen LogP contribution >= 0.6 is 0 Å². The molecule has 0 bridgehead atoms. The average Bonchev–Trinajstić information content (AvgIpc) is 2.69. The molecule has 12 nitrogen and oxygen atoms in total. The van der Waals surface area contributed by atoms with Gasteiger partial charge in [-0.3, -0.25) is 24.0 Å². The predicted octanol–water partition coefficient (Wildman–Crippen LogP) is -0.0345. The van der Waals surface area contributed by atoms with Gasteiger partial charge in [-0.15, -0.1) is 0 Å². The zero-order valence-electron chi connectivity index (χ0n) is 19.7. The molecule has 0 aromatic rings. The number of ether oxygens (including phenoxy) is 5. The van der Waals surface area contributed by atoms with Crippen molar-refractivity contribution >= 4 is 29.7 Å². The number of hydrogen-bond donors (Lipinski definition) is 2. The van der Waals surface area contributed by atoms with Gasteiger partial charge in [-0.25, -0.2) is 0 Å². The van der Waals surface area contributed by atoms with Gasteiger partial charge in [0, 0.05) is 47.3 Å². The first-order chi connectivity index (χ1) is 15.5. The van der Waals surface area contributed by atoms with Crippen LogP contribution in [0.25, 0.3) is 0 Å². The molecule has 2 N–H and O–H groups in total. The van der Waals surface area contributed by atoms with E-state index in [0.717, 1.165) is 0 Å².